The van der Waals surface area contributed by atoms with E-state index in [2.05, 4.69) is 17.8 Å². The lowest BCUT2D eigenvalue weighted by atomic mass is 10.2. The fourth-order valence-electron chi connectivity index (χ4n) is 2.15. The average Bonchev–Trinajstić information content (AvgIpc) is 2.71. The third kappa shape index (κ3) is 6.54. The fraction of sp³-hybridized carbons (Fsp3) is 0.300. The molecule has 0 aliphatic carbocycles. The van der Waals surface area contributed by atoms with Gasteiger partial charge in [-0.05, 0) is 55.3 Å². The van der Waals surface area contributed by atoms with Gasteiger partial charge in [-0.25, -0.2) is 0 Å². The summed E-state index contributed by atoms with van der Waals surface area (Å²) < 4.78 is 15.9. The summed E-state index contributed by atoms with van der Waals surface area (Å²) in [5, 5.41) is 0. The minimum absolute atomic E-state index is 0.209. The van der Waals surface area contributed by atoms with E-state index in [4.69, 9.17) is 14.2 Å². The summed E-state index contributed by atoms with van der Waals surface area (Å²) in [6.07, 6.45) is 0.144. The smallest absolute Gasteiger partial charge is 0.279 e. The predicted molar refractivity (Wildman–Crippen MR) is 101 cm³/mol. The lowest BCUT2D eigenvalue weighted by molar-refractivity contribution is -0.133. The summed E-state index contributed by atoms with van der Waals surface area (Å²) in [4.78, 5) is 23.8. The van der Waals surface area contributed by atoms with Crippen LogP contribution in [-0.4, -0.2) is 31.6 Å². The molecule has 0 bridgehead atoms. The zero-order valence-electron chi connectivity index (χ0n) is 15.7. The van der Waals surface area contributed by atoms with Crippen molar-refractivity contribution < 1.29 is 23.8 Å². The Labute approximate surface area is 158 Å². The summed E-state index contributed by atoms with van der Waals surface area (Å²) >= 11 is 0. The first kappa shape index (κ1) is 20.1. The summed E-state index contributed by atoms with van der Waals surface area (Å²) in [5.41, 5.74) is 5.79. The molecule has 0 fully saturated rings. The van der Waals surface area contributed by atoms with Gasteiger partial charge >= 0.3 is 0 Å². The second-order valence-electron chi connectivity index (χ2n) is 5.76. The minimum Gasteiger partial charge on any atom is -0.497 e. The van der Waals surface area contributed by atoms with Crippen molar-refractivity contribution in [2.75, 3.05) is 13.7 Å². The highest BCUT2D eigenvalue weighted by molar-refractivity contribution is 5.85. The number of nitrogens with one attached hydrogen (secondary N) is 2. The molecule has 0 radical (unpaired) electrons. The SMILES string of the molecule is CCc1ccc(OCC(=O)NNC(=O)[C@@H](C)Oc2ccc(OC)cc2)cc1. The van der Waals surface area contributed by atoms with E-state index < -0.39 is 17.9 Å². The highest BCUT2D eigenvalue weighted by Crippen LogP contribution is 2.18. The second-order valence-corrected chi connectivity index (χ2v) is 5.76. The number of benzene rings is 2. The third-order valence-corrected chi connectivity index (χ3v) is 3.77. The molecule has 2 N–H and O–H groups in total. The van der Waals surface area contributed by atoms with Crippen molar-refractivity contribution in [2.24, 2.45) is 0 Å². The van der Waals surface area contributed by atoms with Crippen LogP contribution in [0.4, 0.5) is 0 Å². The zero-order chi connectivity index (χ0) is 19.6. The molecule has 2 rings (SSSR count). The highest BCUT2D eigenvalue weighted by atomic mass is 16.5. The molecule has 0 unspecified atom stereocenters. The summed E-state index contributed by atoms with van der Waals surface area (Å²) in [6, 6.07) is 14.3. The quantitative estimate of drug-likeness (QED) is 0.694. The Bertz CT molecular complexity index is 744. The van der Waals surface area contributed by atoms with Crippen molar-refractivity contribution in [1.29, 1.82) is 0 Å². The van der Waals surface area contributed by atoms with Gasteiger partial charge < -0.3 is 14.2 Å². The maximum Gasteiger partial charge on any atom is 0.279 e. The van der Waals surface area contributed by atoms with Gasteiger partial charge in [0.25, 0.3) is 11.8 Å². The number of hydrogen-bond donors (Lipinski definition) is 2. The first-order chi connectivity index (χ1) is 13.0. The van der Waals surface area contributed by atoms with Crippen molar-refractivity contribution in [1.82, 2.24) is 10.9 Å². The van der Waals surface area contributed by atoms with Crippen LogP contribution in [-0.2, 0) is 16.0 Å². The Morgan fingerprint density at radius 3 is 2.11 bits per heavy atom. The Balaban J connectivity index is 1.71. The fourth-order valence-corrected chi connectivity index (χ4v) is 2.15. The van der Waals surface area contributed by atoms with Crippen LogP contribution in [0.3, 0.4) is 0 Å². The molecule has 2 aromatic rings. The molecule has 7 heteroatoms. The zero-order valence-corrected chi connectivity index (χ0v) is 15.7. The summed E-state index contributed by atoms with van der Waals surface area (Å²) in [5.74, 6) is 0.843. The highest BCUT2D eigenvalue weighted by Gasteiger charge is 2.15. The molecule has 2 amide bonds. The predicted octanol–water partition coefficient (Wildman–Crippen LogP) is 2.25. The van der Waals surface area contributed by atoms with Crippen molar-refractivity contribution in [3.05, 3.63) is 54.1 Å². The van der Waals surface area contributed by atoms with E-state index in [1.165, 1.54) is 5.56 Å². The molecule has 0 saturated heterocycles. The number of ether oxygens (including phenoxy) is 3. The van der Waals surface area contributed by atoms with E-state index in [1.54, 1.807) is 50.4 Å². The maximum atomic E-state index is 12.0. The van der Waals surface area contributed by atoms with Gasteiger partial charge in [0, 0.05) is 0 Å². The molecule has 144 valence electrons. The van der Waals surface area contributed by atoms with Crippen LogP contribution in [0.1, 0.15) is 19.4 Å². The first-order valence-electron chi connectivity index (χ1n) is 8.63. The molecular formula is C20H24N2O5. The molecule has 0 aromatic heterocycles. The van der Waals surface area contributed by atoms with Crippen molar-refractivity contribution in [2.45, 2.75) is 26.4 Å². The Kier molecular flexibility index (Phi) is 7.49. The van der Waals surface area contributed by atoms with Crippen LogP contribution >= 0.6 is 0 Å². The first-order valence-corrected chi connectivity index (χ1v) is 8.63. The third-order valence-electron chi connectivity index (χ3n) is 3.77. The monoisotopic (exact) mass is 372 g/mol. The Morgan fingerprint density at radius 1 is 0.926 bits per heavy atom. The lowest BCUT2D eigenvalue weighted by Gasteiger charge is -2.15. The van der Waals surface area contributed by atoms with Gasteiger partial charge in [0.1, 0.15) is 17.2 Å². The molecule has 0 heterocycles. The molecule has 27 heavy (non-hydrogen) atoms. The van der Waals surface area contributed by atoms with Crippen LogP contribution in [0.15, 0.2) is 48.5 Å². The van der Waals surface area contributed by atoms with Crippen LogP contribution in [0.2, 0.25) is 0 Å². The molecule has 0 saturated carbocycles. The van der Waals surface area contributed by atoms with E-state index in [9.17, 15) is 9.59 Å². The van der Waals surface area contributed by atoms with E-state index >= 15 is 0 Å². The summed E-state index contributed by atoms with van der Waals surface area (Å²) in [7, 11) is 1.57. The Morgan fingerprint density at radius 2 is 1.52 bits per heavy atom. The van der Waals surface area contributed by atoms with E-state index in [1.807, 2.05) is 12.1 Å². The van der Waals surface area contributed by atoms with Crippen LogP contribution < -0.4 is 25.1 Å². The number of carbonyl (C=O) groups excluding carboxylic acids is 2. The van der Waals surface area contributed by atoms with Gasteiger partial charge in [-0.1, -0.05) is 19.1 Å². The van der Waals surface area contributed by atoms with E-state index in [-0.39, 0.29) is 6.61 Å². The number of aryl methyl sites for hydroxylation is 1. The normalized spacial score (nSPS) is 11.2. The molecule has 0 aliphatic heterocycles. The lowest BCUT2D eigenvalue weighted by Crippen LogP contribution is -2.48. The minimum atomic E-state index is -0.791. The maximum absolute atomic E-state index is 12.0. The number of hydrazine groups is 1. The van der Waals surface area contributed by atoms with Gasteiger partial charge in [-0.3, -0.25) is 20.4 Å². The van der Waals surface area contributed by atoms with Gasteiger partial charge in [0.2, 0.25) is 0 Å². The van der Waals surface area contributed by atoms with Gasteiger partial charge in [0.15, 0.2) is 12.7 Å². The van der Waals surface area contributed by atoms with Crippen LogP contribution in [0.25, 0.3) is 0 Å². The second kappa shape index (κ2) is 10.1. The van der Waals surface area contributed by atoms with Crippen LogP contribution in [0, 0.1) is 0 Å². The van der Waals surface area contributed by atoms with Gasteiger partial charge in [0.05, 0.1) is 7.11 Å². The molecule has 1 atom stereocenters. The Hall–Kier alpha value is -3.22. The van der Waals surface area contributed by atoms with Gasteiger partial charge in [-0.2, -0.15) is 0 Å². The standard InChI is InChI=1S/C20H24N2O5/c1-4-15-5-7-17(8-6-15)26-13-19(23)21-22-20(24)14(2)27-18-11-9-16(25-3)10-12-18/h5-12,14H,4,13H2,1-3H3,(H,21,23)(H,22,24)/t14-/m1/s1. The average molecular weight is 372 g/mol. The number of rotatable bonds is 8. The van der Waals surface area contributed by atoms with Gasteiger partial charge in [-0.15, -0.1) is 0 Å². The van der Waals surface area contributed by atoms with E-state index in [0.717, 1.165) is 6.42 Å². The number of hydrogen-bond acceptors (Lipinski definition) is 5. The number of methoxy groups -OCH3 is 1. The van der Waals surface area contributed by atoms with Crippen molar-refractivity contribution in [3.63, 3.8) is 0 Å². The summed E-state index contributed by atoms with van der Waals surface area (Å²) in [6.45, 7) is 3.43. The van der Waals surface area contributed by atoms with E-state index in [0.29, 0.717) is 17.2 Å². The molecule has 7 nitrogen and oxygen atoms in total. The molecule has 2 aromatic carbocycles. The molecule has 0 spiro atoms. The molecular weight excluding hydrogens is 348 g/mol. The number of carbonyl (C=O) groups is 2. The largest absolute Gasteiger partial charge is 0.497 e. The number of amides is 2. The van der Waals surface area contributed by atoms with Crippen molar-refractivity contribution in [3.8, 4) is 17.2 Å². The topological polar surface area (TPSA) is 85.9 Å². The van der Waals surface area contributed by atoms with Crippen molar-refractivity contribution >= 4 is 11.8 Å². The van der Waals surface area contributed by atoms with Crippen LogP contribution in [0.5, 0.6) is 17.2 Å². The molecule has 0 aliphatic rings.